The number of piperidine rings is 1. The molecule has 1 aliphatic rings. The molecule has 2 amide bonds. The van der Waals surface area contributed by atoms with Gasteiger partial charge in [-0.1, -0.05) is 17.7 Å². The molecule has 1 aromatic carbocycles. The topological polar surface area (TPSA) is 85.9 Å². The van der Waals surface area contributed by atoms with Crippen LogP contribution in [0.1, 0.15) is 24.0 Å². The van der Waals surface area contributed by atoms with E-state index in [-0.39, 0.29) is 17.7 Å². The van der Waals surface area contributed by atoms with E-state index in [1.807, 2.05) is 26.0 Å². The van der Waals surface area contributed by atoms with Gasteiger partial charge < -0.3 is 20.7 Å². The van der Waals surface area contributed by atoms with Crippen molar-refractivity contribution in [3.05, 3.63) is 29.3 Å². The number of hydrogen-bond donors (Lipinski definition) is 3. The van der Waals surface area contributed by atoms with Crippen LogP contribution in [0.15, 0.2) is 18.2 Å². The van der Waals surface area contributed by atoms with Gasteiger partial charge >= 0.3 is 0 Å². The summed E-state index contributed by atoms with van der Waals surface area (Å²) in [6, 6.07) is 6.03. The van der Waals surface area contributed by atoms with E-state index < -0.39 is 0 Å². The molecule has 0 radical (unpaired) electrons. The second-order valence-electron chi connectivity index (χ2n) is 6.59. The highest BCUT2D eigenvalue weighted by Crippen LogP contribution is 2.18. The van der Waals surface area contributed by atoms with E-state index in [9.17, 15) is 9.59 Å². The van der Waals surface area contributed by atoms with E-state index >= 15 is 0 Å². The molecule has 1 unspecified atom stereocenters. The second kappa shape index (κ2) is 8.68. The minimum absolute atomic E-state index is 0.0145. The summed E-state index contributed by atoms with van der Waals surface area (Å²) >= 11 is 0. The Morgan fingerprint density at radius 2 is 2.17 bits per heavy atom. The number of likely N-dealkylation sites (tertiary alicyclic amines) is 1. The second-order valence-corrected chi connectivity index (χ2v) is 6.59. The molecule has 2 rings (SSSR count). The minimum Gasteiger partial charge on any atom is -0.491 e. The third kappa shape index (κ3) is 5.53. The molecule has 0 aromatic heterocycles. The Morgan fingerprint density at radius 3 is 2.88 bits per heavy atom. The predicted octanol–water partition coefficient (Wildman–Crippen LogP) is -0.421. The van der Waals surface area contributed by atoms with Crippen LogP contribution in [0.4, 0.5) is 0 Å². The first kappa shape index (κ1) is 18.3. The summed E-state index contributed by atoms with van der Waals surface area (Å²) in [5.41, 5.74) is 7.66. The lowest BCUT2D eigenvalue weighted by molar-refractivity contribution is -0.899. The Balaban J connectivity index is 1.67. The van der Waals surface area contributed by atoms with Crippen molar-refractivity contribution in [3.63, 3.8) is 0 Å². The van der Waals surface area contributed by atoms with Gasteiger partial charge in [0.25, 0.3) is 5.91 Å². The number of nitrogens with one attached hydrogen (secondary N) is 2. The molecule has 4 N–H and O–H groups in total. The smallest absolute Gasteiger partial charge is 0.275 e. The number of carbonyl (C=O) groups is 2. The number of ether oxygens (including phenoxy) is 1. The first-order chi connectivity index (χ1) is 11.5. The van der Waals surface area contributed by atoms with Crippen LogP contribution in [0.3, 0.4) is 0 Å². The van der Waals surface area contributed by atoms with Crippen molar-refractivity contribution < 1.29 is 19.2 Å². The third-order valence-corrected chi connectivity index (χ3v) is 4.44. The van der Waals surface area contributed by atoms with Gasteiger partial charge in [0, 0.05) is 0 Å². The van der Waals surface area contributed by atoms with Gasteiger partial charge in [-0.05, 0) is 38.3 Å². The fourth-order valence-electron chi connectivity index (χ4n) is 3.16. The zero-order valence-electron chi connectivity index (χ0n) is 14.6. The van der Waals surface area contributed by atoms with Gasteiger partial charge in [0.2, 0.25) is 5.91 Å². The lowest BCUT2D eigenvalue weighted by Crippen LogP contribution is -3.15. The molecule has 132 valence electrons. The van der Waals surface area contributed by atoms with E-state index in [0.717, 1.165) is 35.6 Å². The summed E-state index contributed by atoms with van der Waals surface area (Å²) in [6.07, 6.45) is 1.77. The van der Waals surface area contributed by atoms with Crippen molar-refractivity contribution in [2.45, 2.75) is 26.7 Å². The number of quaternary nitrogens is 1. The molecule has 24 heavy (non-hydrogen) atoms. The van der Waals surface area contributed by atoms with Gasteiger partial charge in [-0.15, -0.1) is 0 Å². The lowest BCUT2D eigenvalue weighted by Gasteiger charge is -2.27. The standard InChI is InChI=1S/C18H27N3O3/c1-13-5-6-16(14(2)10-13)24-9-7-20-17(22)12-21-8-3-4-15(11-21)18(19)23/h5-6,10,15H,3-4,7-9,11-12H2,1-2H3,(H2,19,23)(H,20,22)/p+1/t15-/m1/s1. The summed E-state index contributed by atoms with van der Waals surface area (Å²) in [5.74, 6) is 0.476. The fraction of sp³-hybridized carbons (Fsp3) is 0.556. The van der Waals surface area contributed by atoms with Crippen molar-refractivity contribution in [1.29, 1.82) is 0 Å². The number of rotatable bonds is 7. The molecular weight excluding hydrogens is 306 g/mol. The van der Waals surface area contributed by atoms with Crippen LogP contribution in [0, 0.1) is 19.8 Å². The van der Waals surface area contributed by atoms with E-state index in [1.54, 1.807) is 0 Å². The summed E-state index contributed by atoms with van der Waals surface area (Å²) in [5, 5.41) is 2.87. The van der Waals surface area contributed by atoms with Gasteiger partial charge in [0.15, 0.2) is 6.54 Å². The molecule has 0 bridgehead atoms. The van der Waals surface area contributed by atoms with Crippen LogP contribution in [0.2, 0.25) is 0 Å². The number of nitrogens with two attached hydrogens (primary N) is 1. The highest BCUT2D eigenvalue weighted by Gasteiger charge is 2.28. The Hall–Kier alpha value is -2.08. The number of benzene rings is 1. The van der Waals surface area contributed by atoms with E-state index in [4.69, 9.17) is 10.5 Å². The molecular formula is C18H28N3O3+. The molecule has 2 atom stereocenters. The minimum atomic E-state index is -0.255. The molecule has 1 saturated heterocycles. The quantitative estimate of drug-likeness (QED) is 0.592. The predicted molar refractivity (Wildman–Crippen MR) is 91.9 cm³/mol. The Bertz CT molecular complexity index is 589. The number of amides is 2. The third-order valence-electron chi connectivity index (χ3n) is 4.44. The van der Waals surface area contributed by atoms with Crippen LogP contribution in [-0.2, 0) is 9.59 Å². The summed E-state index contributed by atoms with van der Waals surface area (Å²) in [7, 11) is 0. The van der Waals surface area contributed by atoms with Crippen molar-refractivity contribution >= 4 is 11.8 Å². The Morgan fingerprint density at radius 1 is 1.38 bits per heavy atom. The molecule has 0 saturated carbocycles. The maximum absolute atomic E-state index is 12.0. The number of aryl methyl sites for hydroxylation is 2. The monoisotopic (exact) mass is 334 g/mol. The molecule has 1 heterocycles. The van der Waals surface area contributed by atoms with Crippen molar-refractivity contribution in [1.82, 2.24) is 5.32 Å². The van der Waals surface area contributed by atoms with Crippen LogP contribution in [-0.4, -0.2) is 44.6 Å². The average Bonchev–Trinajstić information content (AvgIpc) is 2.53. The Kier molecular flexibility index (Phi) is 6.61. The number of carbonyl (C=O) groups excluding carboxylic acids is 2. The summed E-state index contributed by atoms with van der Waals surface area (Å²) < 4.78 is 5.70. The fourth-order valence-corrected chi connectivity index (χ4v) is 3.16. The molecule has 1 aromatic rings. The van der Waals surface area contributed by atoms with Crippen molar-refractivity contribution in [2.75, 3.05) is 32.8 Å². The molecule has 1 fully saturated rings. The molecule has 0 spiro atoms. The zero-order valence-corrected chi connectivity index (χ0v) is 14.6. The van der Waals surface area contributed by atoms with Crippen molar-refractivity contribution in [3.8, 4) is 5.75 Å². The normalized spacial score (nSPS) is 20.4. The van der Waals surface area contributed by atoms with E-state index in [2.05, 4.69) is 11.4 Å². The van der Waals surface area contributed by atoms with Crippen molar-refractivity contribution in [2.24, 2.45) is 11.7 Å². The van der Waals surface area contributed by atoms with Gasteiger partial charge in [0.1, 0.15) is 12.4 Å². The SMILES string of the molecule is Cc1ccc(OCCNC(=O)C[NH+]2CCC[C@@H](C(N)=O)C2)c(C)c1. The first-order valence-corrected chi connectivity index (χ1v) is 8.55. The van der Waals surface area contributed by atoms with Crippen LogP contribution in [0.25, 0.3) is 0 Å². The average molecular weight is 334 g/mol. The number of primary amides is 1. The summed E-state index contributed by atoms with van der Waals surface area (Å²) in [6.45, 7) is 6.91. The van der Waals surface area contributed by atoms with Gasteiger partial charge in [-0.25, -0.2) is 0 Å². The largest absolute Gasteiger partial charge is 0.491 e. The first-order valence-electron chi connectivity index (χ1n) is 8.55. The highest BCUT2D eigenvalue weighted by molar-refractivity contribution is 5.77. The van der Waals surface area contributed by atoms with Crippen LogP contribution in [0.5, 0.6) is 5.75 Å². The van der Waals surface area contributed by atoms with Gasteiger partial charge in [-0.2, -0.15) is 0 Å². The Labute approximate surface area is 143 Å². The van der Waals surface area contributed by atoms with Gasteiger partial charge in [-0.3, -0.25) is 9.59 Å². The van der Waals surface area contributed by atoms with Gasteiger partial charge in [0.05, 0.1) is 25.6 Å². The molecule has 6 heteroatoms. The molecule has 6 nitrogen and oxygen atoms in total. The molecule has 0 aliphatic carbocycles. The summed E-state index contributed by atoms with van der Waals surface area (Å²) in [4.78, 5) is 24.4. The lowest BCUT2D eigenvalue weighted by atomic mass is 9.97. The van der Waals surface area contributed by atoms with E-state index in [1.165, 1.54) is 5.56 Å². The zero-order chi connectivity index (χ0) is 17.5. The van der Waals surface area contributed by atoms with Crippen LogP contribution < -0.4 is 20.7 Å². The number of hydrogen-bond acceptors (Lipinski definition) is 3. The van der Waals surface area contributed by atoms with Crippen LogP contribution >= 0.6 is 0 Å². The highest BCUT2D eigenvalue weighted by atomic mass is 16.5. The maximum atomic E-state index is 12.0. The van der Waals surface area contributed by atoms with E-state index in [0.29, 0.717) is 26.2 Å². The maximum Gasteiger partial charge on any atom is 0.275 e. The molecule has 1 aliphatic heterocycles.